The highest BCUT2D eigenvalue weighted by Crippen LogP contribution is 2.35. The van der Waals surface area contributed by atoms with Gasteiger partial charge in [-0.25, -0.2) is 4.98 Å². The zero-order chi connectivity index (χ0) is 19.0. The van der Waals surface area contributed by atoms with Gasteiger partial charge in [-0.15, -0.1) is 11.3 Å². The van der Waals surface area contributed by atoms with E-state index in [0.717, 1.165) is 55.3 Å². The lowest BCUT2D eigenvalue weighted by Gasteiger charge is -2.35. The summed E-state index contributed by atoms with van der Waals surface area (Å²) in [6.45, 7) is 3.57. The molecule has 4 rings (SSSR count). The van der Waals surface area contributed by atoms with Crippen molar-refractivity contribution in [3.63, 3.8) is 0 Å². The molecule has 0 spiro atoms. The molecule has 7 heteroatoms. The van der Waals surface area contributed by atoms with Crippen molar-refractivity contribution in [1.29, 1.82) is 0 Å². The molecule has 1 aliphatic heterocycles. The number of H-pyrrole nitrogens is 1. The Morgan fingerprint density at radius 2 is 2.22 bits per heavy atom. The van der Waals surface area contributed by atoms with E-state index in [4.69, 9.17) is 5.73 Å². The quantitative estimate of drug-likeness (QED) is 0.841. The second-order valence-corrected chi connectivity index (χ2v) is 9.10. The van der Waals surface area contributed by atoms with Crippen LogP contribution in [0.1, 0.15) is 55.3 Å². The Labute approximate surface area is 163 Å². The number of piperidine rings is 1. The summed E-state index contributed by atoms with van der Waals surface area (Å²) in [5.41, 5.74) is 6.98. The highest BCUT2D eigenvalue weighted by molar-refractivity contribution is 7.18. The number of rotatable bonds is 4. The standard InChI is InChI=1S/C20H28N4O2S/c1-12-5-6-14-15(10-12)27-20-18(14)19(26)22-16(23-20)7-8-17(25)24-9-3-2-4-13(24)11-21/h12-13H,2-11,21H2,1H3,(H,22,23,26). The van der Waals surface area contributed by atoms with E-state index in [1.165, 1.54) is 10.4 Å². The fourth-order valence-electron chi connectivity index (χ4n) is 4.45. The zero-order valence-electron chi connectivity index (χ0n) is 15.9. The first kappa shape index (κ1) is 18.6. The minimum atomic E-state index is -0.0488. The maximum absolute atomic E-state index is 12.7. The molecule has 146 valence electrons. The van der Waals surface area contributed by atoms with E-state index >= 15 is 0 Å². The number of carbonyl (C=O) groups is 1. The summed E-state index contributed by atoms with van der Waals surface area (Å²) in [4.78, 5) is 37.0. The third-order valence-electron chi connectivity index (χ3n) is 6.01. The lowest BCUT2D eigenvalue weighted by Crippen LogP contribution is -2.47. The molecule has 1 fully saturated rings. The topological polar surface area (TPSA) is 92.1 Å². The van der Waals surface area contributed by atoms with Gasteiger partial charge in [0.15, 0.2) is 0 Å². The molecule has 2 aromatic heterocycles. The number of fused-ring (bicyclic) bond motifs is 3. The first-order chi connectivity index (χ1) is 13.1. The second-order valence-electron chi connectivity index (χ2n) is 8.02. The van der Waals surface area contributed by atoms with Crippen LogP contribution in [-0.2, 0) is 24.1 Å². The van der Waals surface area contributed by atoms with Gasteiger partial charge >= 0.3 is 0 Å². The Morgan fingerprint density at radius 3 is 3.04 bits per heavy atom. The fourth-order valence-corrected chi connectivity index (χ4v) is 5.86. The minimum Gasteiger partial charge on any atom is -0.338 e. The Balaban J connectivity index is 1.51. The van der Waals surface area contributed by atoms with Crippen molar-refractivity contribution in [1.82, 2.24) is 14.9 Å². The lowest BCUT2D eigenvalue weighted by atomic mass is 9.89. The van der Waals surface area contributed by atoms with Gasteiger partial charge in [-0.05, 0) is 50.0 Å². The number of carbonyl (C=O) groups excluding carboxylic acids is 1. The molecule has 27 heavy (non-hydrogen) atoms. The molecule has 2 aliphatic rings. The van der Waals surface area contributed by atoms with Gasteiger partial charge in [0.25, 0.3) is 5.56 Å². The van der Waals surface area contributed by atoms with Gasteiger partial charge in [0.1, 0.15) is 10.7 Å². The van der Waals surface area contributed by atoms with Gasteiger partial charge in [-0.2, -0.15) is 0 Å². The molecule has 2 atom stereocenters. The predicted molar refractivity (Wildman–Crippen MR) is 108 cm³/mol. The van der Waals surface area contributed by atoms with Crippen LogP contribution in [0.2, 0.25) is 0 Å². The number of aryl methyl sites for hydroxylation is 2. The number of hydrogen-bond donors (Lipinski definition) is 2. The van der Waals surface area contributed by atoms with Crippen molar-refractivity contribution in [2.45, 2.75) is 64.3 Å². The van der Waals surface area contributed by atoms with Crippen LogP contribution in [-0.4, -0.2) is 39.9 Å². The van der Waals surface area contributed by atoms with Crippen molar-refractivity contribution >= 4 is 27.5 Å². The predicted octanol–water partition coefficient (Wildman–Crippen LogP) is 2.38. The van der Waals surface area contributed by atoms with Crippen LogP contribution >= 0.6 is 11.3 Å². The van der Waals surface area contributed by atoms with E-state index < -0.39 is 0 Å². The highest BCUT2D eigenvalue weighted by Gasteiger charge is 2.26. The largest absolute Gasteiger partial charge is 0.338 e. The SMILES string of the molecule is CC1CCc2c(sc3nc(CCC(=O)N4CCCCC4CN)[nH]c(=O)c23)C1. The van der Waals surface area contributed by atoms with Gasteiger partial charge in [0.05, 0.1) is 5.39 Å². The molecular formula is C20H28N4O2S. The fraction of sp³-hybridized carbons (Fsp3) is 0.650. The van der Waals surface area contributed by atoms with Crippen LogP contribution in [0.15, 0.2) is 4.79 Å². The van der Waals surface area contributed by atoms with Crippen LogP contribution in [0, 0.1) is 5.92 Å². The normalized spacial score (nSPS) is 22.8. The summed E-state index contributed by atoms with van der Waals surface area (Å²) < 4.78 is 0. The van der Waals surface area contributed by atoms with E-state index in [-0.39, 0.29) is 17.5 Å². The lowest BCUT2D eigenvalue weighted by molar-refractivity contribution is -0.134. The number of thiophene rings is 1. The molecule has 1 amide bonds. The first-order valence-corrected chi connectivity index (χ1v) is 10.9. The van der Waals surface area contributed by atoms with Crippen molar-refractivity contribution in [2.75, 3.05) is 13.1 Å². The van der Waals surface area contributed by atoms with E-state index in [1.807, 2.05) is 4.90 Å². The third-order valence-corrected chi connectivity index (χ3v) is 7.16. The Kier molecular flexibility index (Phi) is 5.32. The highest BCUT2D eigenvalue weighted by atomic mass is 32.1. The van der Waals surface area contributed by atoms with Crippen molar-refractivity contribution in [2.24, 2.45) is 11.7 Å². The number of amides is 1. The van der Waals surface area contributed by atoms with Gasteiger partial charge in [-0.1, -0.05) is 6.92 Å². The Hall–Kier alpha value is -1.73. The van der Waals surface area contributed by atoms with E-state index in [2.05, 4.69) is 16.9 Å². The molecular weight excluding hydrogens is 360 g/mol. The zero-order valence-corrected chi connectivity index (χ0v) is 16.7. The molecule has 0 saturated carbocycles. The van der Waals surface area contributed by atoms with Crippen LogP contribution in [0.4, 0.5) is 0 Å². The van der Waals surface area contributed by atoms with Crippen LogP contribution in [0.25, 0.3) is 10.2 Å². The number of likely N-dealkylation sites (tertiary alicyclic amines) is 1. The average Bonchev–Trinajstić information content (AvgIpc) is 3.03. The molecule has 1 aliphatic carbocycles. The second kappa shape index (κ2) is 7.72. The van der Waals surface area contributed by atoms with E-state index in [9.17, 15) is 9.59 Å². The molecule has 3 heterocycles. The molecule has 6 nitrogen and oxygen atoms in total. The van der Waals surface area contributed by atoms with Crippen LogP contribution in [0.3, 0.4) is 0 Å². The van der Waals surface area contributed by atoms with Gasteiger partial charge in [0.2, 0.25) is 5.91 Å². The Morgan fingerprint density at radius 1 is 1.37 bits per heavy atom. The molecule has 1 saturated heterocycles. The maximum atomic E-state index is 12.7. The number of nitrogens with one attached hydrogen (secondary N) is 1. The molecule has 0 aromatic carbocycles. The number of hydrogen-bond acceptors (Lipinski definition) is 5. The van der Waals surface area contributed by atoms with Gasteiger partial charge < -0.3 is 15.6 Å². The average molecular weight is 389 g/mol. The van der Waals surface area contributed by atoms with Crippen LogP contribution in [0.5, 0.6) is 0 Å². The molecule has 0 radical (unpaired) electrons. The van der Waals surface area contributed by atoms with Crippen molar-refractivity contribution < 1.29 is 4.79 Å². The molecule has 3 N–H and O–H groups in total. The molecule has 2 unspecified atom stereocenters. The van der Waals surface area contributed by atoms with Crippen molar-refractivity contribution in [3.8, 4) is 0 Å². The Bertz CT molecular complexity index is 903. The summed E-state index contributed by atoms with van der Waals surface area (Å²) in [5.74, 6) is 1.41. The first-order valence-electron chi connectivity index (χ1n) is 10.1. The number of aromatic amines is 1. The number of nitrogens with zero attached hydrogens (tertiary/aromatic N) is 2. The minimum absolute atomic E-state index is 0.0488. The maximum Gasteiger partial charge on any atom is 0.259 e. The monoisotopic (exact) mass is 388 g/mol. The van der Waals surface area contributed by atoms with E-state index in [1.54, 1.807) is 11.3 Å². The number of nitrogens with two attached hydrogens (primary N) is 1. The smallest absolute Gasteiger partial charge is 0.259 e. The summed E-state index contributed by atoms with van der Waals surface area (Å²) >= 11 is 1.66. The van der Waals surface area contributed by atoms with Gasteiger partial charge in [-0.3, -0.25) is 9.59 Å². The summed E-state index contributed by atoms with van der Waals surface area (Å²) in [6, 6.07) is 0.159. The molecule has 0 bridgehead atoms. The van der Waals surface area contributed by atoms with Crippen LogP contribution < -0.4 is 11.3 Å². The summed E-state index contributed by atoms with van der Waals surface area (Å²) in [5, 5.41) is 0.774. The van der Waals surface area contributed by atoms with Crippen molar-refractivity contribution in [3.05, 3.63) is 26.6 Å². The van der Waals surface area contributed by atoms with E-state index in [0.29, 0.717) is 31.1 Å². The summed E-state index contributed by atoms with van der Waals surface area (Å²) in [6.07, 6.45) is 7.15. The third kappa shape index (κ3) is 3.67. The van der Waals surface area contributed by atoms with Gasteiger partial charge in [0, 0.05) is 36.9 Å². The summed E-state index contributed by atoms with van der Waals surface area (Å²) in [7, 11) is 0. The molecule has 2 aromatic rings. The number of aromatic nitrogens is 2.